The van der Waals surface area contributed by atoms with E-state index in [1.165, 1.54) is 12.3 Å². The van der Waals surface area contributed by atoms with Gasteiger partial charge >= 0.3 is 0 Å². The molecule has 0 bridgehead atoms. The van der Waals surface area contributed by atoms with Gasteiger partial charge in [0.2, 0.25) is 0 Å². The molecule has 0 unspecified atom stereocenters. The fourth-order valence-electron chi connectivity index (χ4n) is 1.30. The topological polar surface area (TPSA) is 51.5 Å². The van der Waals surface area contributed by atoms with Crippen LogP contribution in [-0.4, -0.2) is 6.21 Å². The van der Waals surface area contributed by atoms with Gasteiger partial charge in [0.25, 0.3) is 0 Å². The Kier molecular flexibility index (Phi) is 2.49. The summed E-state index contributed by atoms with van der Waals surface area (Å²) in [5.41, 5.74) is 0.425. The van der Waals surface area contributed by atoms with Gasteiger partial charge < -0.3 is 10.3 Å². The Morgan fingerprint density at radius 1 is 1.20 bits per heavy atom. The number of nitrogens with zero attached hydrogens (tertiary/aromatic N) is 1. The van der Waals surface area contributed by atoms with Crippen LogP contribution in [0.25, 0.3) is 11.3 Å². The standard InChI is InChI=1S/C11H9FN2O/c12-10-4-2-1-3-9(10)11-6-5-8(15-11)7-14-13/h1-7H,13H2/b14-7-. The van der Waals surface area contributed by atoms with E-state index in [0.717, 1.165) is 0 Å². The van der Waals surface area contributed by atoms with Crippen molar-refractivity contribution in [3.8, 4) is 11.3 Å². The molecule has 76 valence electrons. The molecule has 0 atom stereocenters. The maximum Gasteiger partial charge on any atom is 0.147 e. The summed E-state index contributed by atoms with van der Waals surface area (Å²) in [4.78, 5) is 0. The van der Waals surface area contributed by atoms with Crippen LogP contribution in [0.4, 0.5) is 4.39 Å². The molecule has 2 N–H and O–H groups in total. The molecule has 0 fully saturated rings. The molecule has 0 saturated carbocycles. The van der Waals surface area contributed by atoms with Crippen LogP contribution in [0.3, 0.4) is 0 Å². The molecule has 0 spiro atoms. The van der Waals surface area contributed by atoms with E-state index in [9.17, 15) is 4.39 Å². The summed E-state index contributed by atoms with van der Waals surface area (Å²) in [5, 5.41) is 3.32. The van der Waals surface area contributed by atoms with Crippen molar-refractivity contribution in [3.05, 3.63) is 48.0 Å². The molecule has 3 nitrogen and oxygen atoms in total. The molecule has 2 aromatic rings. The summed E-state index contributed by atoms with van der Waals surface area (Å²) in [6, 6.07) is 9.77. The third-order valence-electron chi connectivity index (χ3n) is 1.97. The van der Waals surface area contributed by atoms with Crippen LogP contribution in [-0.2, 0) is 0 Å². The van der Waals surface area contributed by atoms with E-state index < -0.39 is 0 Å². The second kappa shape index (κ2) is 3.96. The molecule has 0 amide bonds. The first-order valence-corrected chi connectivity index (χ1v) is 4.39. The zero-order valence-electron chi connectivity index (χ0n) is 7.85. The fourth-order valence-corrected chi connectivity index (χ4v) is 1.30. The maximum absolute atomic E-state index is 13.4. The number of rotatable bonds is 2. The minimum Gasteiger partial charge on any atom is -0.455 e. The number of nitrogens with two attached hydrogens (primary N) is 1. The zero-order chi connectivity index (χ0) is 10.7. The molecule has 0 radical (unpaired) electrons. The lowest BCUT2D eigenvalue weighted by Crippen LogP contribution is -1.83. The number of halogens is 1. The van der Waals surface area contributed by atoms with Crippen molar-refractivity contribution in [2.24, 2.45) is 10.9 Å². The van der Waals surface area contributed by atoms with Gasteiger partial charge in [-0.3, -0.25) is 0 Å². The Morgan fingerprint density at radius 2 is 2.00 bits per heavy atom. The minimum absolute atomic E-state index is 0.317. The van der Waals surface area contributed by atoms with Gasteiger partial charge in [0, 0.05) is 0 Å². The van der Waals surface area contributed by atoms with Gasteiger partial charge in [-0.2, -0.15) is 5.10 Å². The molecular weight excluding hydrogens is 195 g/mol. The highest BCUT2D eigenvalue weighted by atomic mass is 19.1. The lowest BCUT2D eigenvalue weighted by Gasteiger charge is -1.97. The van der Waals surface area contributed by atoms with Crippen molar-refractivity contribution in [1.29, 1.82) is 0 Å². The SMILES string of the molecule is N/N=C\c1ccc(-c2ccccc2F)o1. The number of hydrazone groups is 1. The molecule has 1 aromatic heterocycles. The Hall–Kier alpha value is -2.10. The van der Waals surface area contributed by atoms with Gasteiger partial charge in [0.15, 0.2) is 0 Å². The summed E-state index contributed by atoms with van der Waals surface area (Å²) in [5.74, 6) is 5.61. The van der Waals surface area contributed by atoms with Crippen LogP contribution in [0.2, 0.25) is 0 Å². The molecule has 15 heavy (non-hydrogen) atoms. The van der Waals surface area contributed by atoms with Gasteiger partial charge in [-0.15, -0.1) is 0 Å². The van der Waals surface area contributed by atoms with E-state index in [-0.39, 0.29) is 5.82 Å². The van der Waals surface area contributed by atoms with E-state index in [1.54, 1.807) is 30.3 Å². The van der Waals surface area contributed by atoms with E-state index in [0.29, 0.717) is 17.1 Å². The van der Waals surface area contributed by atoms with E-state index >= 15 is 0 Å². The molecular formula is C11H9FN2O. The number of furan rings is 1. The highest BCUT2D eigenvalue weighted by Crippen LogP contribution is 2.23. The third-order valence-corrected chi connectivity index (χ3v) is 1.97. The molecule has 0 aliphatic carbocycles. The molecule has 1 aromatic carbocycles. The number of benzene rings is 1. The second-order valence-corrected chi connectivity index (χ2v) is 2.96. The predicted molar refractivity (Wildman–Crippen MR) is 55.9 cm³/mol. The lowest BCUT2D eigenvalue weighted by molar-refractivity contribution is 0.563. The molecule has 0 saturated heterocycles. The lowest BCUT2D eigenvalue weighted by atomic mass is 10.1. The van der Waals surface area contributed by atoms with Crippen molar-refractivity contribution in [1.82, 2.24) is 0 Å². The summed E-state index contributed by atoms with van der Waals surface area (Å²) in [7, 11) is 0. The Balaban J connectivity index is 2.42. The molecule has 0 aliphatic rings. The molecule has 0 aliphatic heterocycles. The quantitative estimate of drug-likeness (QED) is 0.464. The first kappa shape index (κ1) is 9.45. The highest BCUT2D eigenvalue weighted by Gasteiger charge is 2.07. The van der Waals surface area contributed by atoms with Crippen LogP contribution in [0, 0.1) is 5.82 Å². The average Bonchev–Trinajstić information content (AvgIpc) is 2.68. The molecule has 2 rings (SSSR count). The van der Waals surface area contributed by atoms with E-state index in [4.69, 9.17) is 10.3 Å². The summed E-state index contributed by atoms with van der Waals surface area (Å²) >= 11 is 0. The normalized spacial score (nSPS) is 11.0. The van der Waals surface area contributed by atoms with Crippen LogP contribution in [0.15, 0.2) is 45.9 Å². The third kappa shape index (κ3) is 1.88. The van der Waals surface area contributed by atoms with Gasteiger partial charge in [-0.05, 0) is 24.3 Å². The highest BCUT2D eigenvalue weighted by molar-refractivity contribution is 5.77. The van der Waals surface area contributed by atoms with Crippen molar-refractivity contribution < 1.29 is 8.81 Å². The van der Waals surface area contributed by atoms with Crippen LogP contribution in [0.5, 0.6) is 0 Å². The molecule has 4 heteroatoms. The average molecular weight is 204 g/mol. The number of hydrogen-bond donors (Lipinski definition) is 1. The maximum atomic E-state index is 13.4. The van der Waals surface area contributed by atoms with Crippen LogP contribution in [0.1, 0.15) is 5.76 Å². The Bertz CT molecular complexity index is 491. The predicted octanol–water partition coefficient (Wildman–Crippen LogP) is 2.38. The number of hydrogen-bond acceptors (Lipinski definition) is 3. The van der Waals surface area contributed by atoms with Crippen molar-refractivity contribution >= 4 is 6.21 Å². The summed E-state index contributed by atoms with van der Waals surface area (Å²) in [6.07, 6.45) is 1.37. The van der Waals surface area contributed by atoms with E-state index in [1.807, 2.05) is 0 Å². The van der Waals surface area contributed by atoms with Gasteiger partial charge in [0.05, 0.1) is 11.8 Å². The van der Waals surface area contributed by atoms with Gasteiger partial charge in [0.1, 0.15) is 17.3 Å². The Morgan fingerprint density at radius 3 is 2.73 bits per heavy atom. The Labute approximate surface area is 86.0 Å². The molecule has 1 heterocycles. The van der Waals surface area contributed by atoms with Crippen molar-refractivity contribution in [3.63, 3.8) is 0 Å². The smallest absolute Gasteiger partial charge is 0.147 e. The van der Waals surface area contributed by atoms with Crippen LogP contribution >= 0.6 is 0 Å². The van der Waals surface area contributed by atoms with Crippen LogP contribution < -0.4 is 5.84 Å². The first-order chi connectivity index (χ1) is 7.31. The second-order valence-electron chi connectivity index (χ2n) is 2.96. The van der Waals surface area contributed by atoms with Crippen molar-refractivity contribution in [2.75, 3.05) is 0 Å². The monoisotopic (exact) mass is 204 g/mol. The summed E-state index contributed by atoms with van der Waals surface area (Å²) in [6.45, 7) is 0. The largest absolute Gasteiger partial charge is 0.455 e. The fraction of sp³-hybridized carbons (Fsp3) is 0. The minimum atomic E-state index is -0.317. The first-order valence-electron chi connectivity index (χ1n) is 4.39. The zero-order valence-corrected chi connectivity index (χ0v) is 7.85. The summed E-state index contributed by atoms with van der Waals surface area (Å²) < 4.78 is 18.7. The van der Waals surface area contributed by atoms with Gasteiger partial charge in [-0.25, -0.2) is 4.39 Å². The van der Waals surface area contributed by atoms with Gasteiger partial charge in [-0.1, -0.05) is 12.1 Å². The van der Waals surface area contributed by atoms with Crippen molar-refractivity contribution in [2.45, 2.75) is 0 Å². The van der Waals surface area contributed by atoms with E-state index in [2.05, 4.69) is 5.10 Å².